The molecule has 1 aromatic heterocycles. The first kappa shape index (κ1) is 20.4. The molecule has 6 heteroatoms. The van der Waals surface area contributed by atoms with E-state index in [-0.39, 0.29) is 0 Å². The number of aliphatic imine (C=N–C) groups is 1. The summed E-state index contributed by atoms with van der Waals surface area (Å²) in [5.41, 5.74) is 2.68. The Balaban J connectivity index is 1.91. The number of hydrogen-bond donors (Lipinski definition) is 2. The molecule has 0 saturated heterocycles. The molecular formula is C20H31N5S. The second-order valence-electron chi connectivity index (χ2n) is 6.08. The molecule has 1 aromatic carbocycles. The summed E-state index contributed by atoms with van der Waals surface area (Å²) in [6.45, 7) is 11.1. The van der Waals surface area contributed by atoms with Crippen molar-refractivity contribution in [1.29, 1.82) is 0 Å². The lowest BCUT2D eigenvalue weighted by molar-refractivity contribution is 0.295. The smallest absolute Gasteiger partial charge is 0.191 e. The van der Waals surface area contributed by atoms with E-state index in [9.17, 15) is 0 Å². The molecule has 0 amide bonds. The molecule has 1 heterocycles. The molecule has 2 rings (SSSR count). The van der Waals surface area contributed by atoms with Crippen molar-refractivity contribution < 1.29 is 0 Å². The van der Waals surface area contributed by atoms with Gasteiger partial charge in [0.15, 0.2) is 5.96 Å². The molecular weight excluding hydrogens is 342 g/mol. The van der Waals surface area contributed by atoms with Crippen LogP contribution >= 0.6 is 11.3 Å². The topological polar surface area (TPSA) is 52.6 Å². The highest BCUT2D eigenvalue weighted by Gasteiger charge is 2.07. The number of thiazole rings is 1. The molecule has 2 aromatic rings. The lowest BCUT2D eigenvalue weighted by atomic mass is 10.1. The van der Waals surface area contributed by atoms with Gasteiger partial charge in [0.05, 0.1) is 6.54 Å². The number of nitrogens with one attached hydrogen (secondary N) is 2. The summed E-state index contributed by atoms with van der Waals surface area (Å²) >= 11 is 1.75. The Labute approximate surface area is 161 Å². The highest BCUT2D eigenvalue weighted by molar-refractivity contribution is 7.11. The standard InChI is InChI=1S/C20H31N5S/c1-5-18-13-22-19(26-18)14-24-20(21-4)23-12-16-10-8-9-11-17(16)15-25(6-2)7-3/h8-11,13H,5-7,12,14-15H2,1-4H3,(H2,21,23,24). The number of aryl methyl sites for hydroxylation is 1. The van der Waals surface area contributed by atoms with E-state index in [1.165, 1.54) is 16.0 Å². The van der Waals surface area contributed by atoms with E-state index in [2.05, 4.69) is 70.5 Å². The Morgan fingerprint density at radius 3 is 2.38 bits per heavy atom. The van der Waals surface area contributed by atoms with Crippen molar-refractivity contribution in [2.45, 2.75) is 46.8 Å². The average molecular weight is 374 g/mol. The molecule has 0 aliphatic carbocycles. The van der Waals surface area contributed by atoms with Crippen molar-refractivity contribution in [3.05, 3.63) is 51.5 Å². The second kappa shape index (κ2) is 10.9. The Kier molecular flexibility index (Phi) is 8.58. The van der Waals surface area contributed by atoms with Crippen molar-refractivity contribution in [1.82, 2.24) is 20.5 Å². The molecule has 0 atom stereocenters. The SMILES string of the molecule is CCc1cnc(CNC(=NC)NCc2ccccc2CN(CC)CC)s1. The fourth-order valence-electron chi connectivity index (χ4n) is 2.72. The Morgan fingerprint density at radius 2 is 1.77 bits per heavy atom. The van der Waals surface area contributed by atoms with Crippen molar-refractivity contribution in [2.75, 3.05) is 20.1 Å². The molecule has 0 aliphatic heterocycles. The van der Waals surface area contributed by atoms with Gasteiger partial charge in [-0.1, -0.05) is 45.0 Å². The van der Waals surface area contributed by atoms with Crippen molar-refractivity contribution in [3.63, 3.8) is 0 Å². The van der Waals surface area contributed by atoms with Crippen LogP contribution in [0.3, 0.4) is 0 Å². The molecule has 5 nitrogen and oxygen atoms in total. The quantitative estimate of drug-likeness (QED) is 0.522. The van der Waals surface area contributed by atoms with Gasteiger partial charge in [0.2, 0.25) is 0 Å². The summed E-state index contributed by atoms with van der Waals surface area (Å²) in [7, 11) is 1.80. The zero-order valence-electron chi connectivity index (χ0n) is 16.4. The van der Waals surface area contributed by atoms with Crippen LogP contribution in [0.2, 0.25) is 0 Å². The van der Waals surface area contributed by atoms with Gasteiger partial charge in [-0.05, 0) is 30.6 Å². The zero-order chi connectivity index (χ0) is 18.8. The zero-order valence-corrected chi connectivity index (χ0v) is 17.2. The van der Waals surface area contributed by atoms with Crippen LogP contribution < -0.4 is 10.6 Å². The number of nitrogens with zero attached hydrogens (tertiary/aromatic N) is 3. The summed E-state index contributed by atoms with van der Waals surface area (Å²) in [5, 5.41) is 7.87. The molecule has 2 N–H and O–H groups in total. The Bertz CT molecular complexity index is 691. The van der Waals surface area contributed by atoms with Crippen LogP contribution in [-0.4, -0.2) is 36.0 Å². The van der Waals surface area contributed by atoms with Gasteiger partial charge in [0.1, 0.15) is 5.01 Å². The van der Waals surface area contributed by atoms with Crippen LogP contribution in [0.4, 0.5) is 0 Å². The highest BCUT2D eigenvalue weighted by atomic mass is 32.1. The van der Waals surface area contributed by atoms with Crippen molar-refractivity contribution >= 4 is 17.3 Å². The van der Waals surface area contributed by atoms with Gasteiger partial charge in [0.25, 0.3) is 0 Å². The molecule has 0 aliphatic rings. The van der Waals surface area contributed by atoms with E-state index in [4.69, 9.17) is 0 Å². The van der Waals surface area contributed by atoms with Gasteiger partial charge in [0, 0.05) is 31.2 Å². The normalized spacial score (nSPS) is 11.8. The summed E-state index contributed by atoms with van der Waals surface area (Å²) in [5.74, 6) is 0.802. The number of benzene rings is 1. The largest absolute Gasteiger partial charge is 0.352 e. The van der Waals surface area contributed by atoms with Gasteiger partial charge in [-0.25, -0.2) is 4.98 Å². The first-order valence-corrected chi connectivity index (χ1v) is 10.2. The fraction of sp³-hybridized carbons (Fsp3) is 0.500. The molecule has 0 unspecified atom stereocenters. The van der Waals surface area contributed by atoms with Crippen LogP contribution in [0.25, 0.3) is 0 Å². The van der Waals surface area contributed by atoms with Gasteiger partial charge >= 0.3 is 0 Å². The minimum absolute atomic E-state index is 0.700. The minimum atomic E-state index is 0.700. The van der Waals surface area contributed by atoms with Crippen molar-refractivity contribution in [2.24, 2.45) is 4.99 Å². The van der Waals surface area contributed by atoms with E-state index in [1.54, 1.807) is 18.4 Å². The highest BCUT2D eigenvalue weighted by Crippen LogP contribution is 2.13. The summed E-state index contributed by atoms with van der Waals surface area (Å²) in [4.78, 5) is 12.5. The lowest BCUT2D eigenvalue weighted by Gasteiger charge is -2.20. The third kappa shape index (κ3) is 6.11. The fourth-order valence-corrected chi connectivity index (χ4v) is 3.53. The van der Waals surface area contributed by atoms with Crippen LogP contribution in [0.5, 0.6) is 0 Å². The van der Waals surface area contributed by atoms with E-state index in [1.807, 2.05) is 6.20 Å². The second-order valence-corrected chi connectivity index (χ2v) is 7.28. The first-order chi connectivity index (χ1) is 12.7. The summed E-state index contributed by atoms with van der Waals surface area (Å²) < 4.78 is 0. The van der Waals surface area contributed by atoms with Crippen LogP contribution in [0.15, 0.2) is 35.5 Å². The maximum atomic E-state index is 4.44. The third-order valence-electron chi connectivity index (χ3n) is 4.43. The molecule has 26 heavy (non-hydrogen) atoms. The maximum Gasteiger partial charge on any atom is 0.191 e. The lowest BCUT2D eigenvalue weighted by Crippen LogP contribution is -2.36. The van der Waals surface area contributed by atoms with Gasteiger partial charge in [-0.2, -0.15) is 0 Å². The predicted octanol–water partition coefficient (Wildman–Crippen LogP) is 3.41. The molecule has 0 fully saturated rings. The number of aromatic nitrogens is 1. The van der Waals surface area contributed by atoms with Crippen LogP contribution in [-0.2, 0) is 26.1 Å². The van der Waals surface area contributed by atoms with E-state index in [0.29, 0.717) is 6.54 Å². The van der Waals surface area contributed by atoms with Gasteiger partial charge in [-0.3, -0.25) is 9.89 Å². The Hall–Kier alpha value is -1.92. The van der Waals surface area contributed by atoms with Crippen LogP contribution in [0, 0.1) is 0 Å². The van der Waals surface area contributed by atoms with E-state index < -0.39 is 0 Å². The monoisotopic (exact) mass is 373 g/mol. The number of hydrogen-bond acceptors (Lipinski definition) is 4. The van der Waals surface area contributed by atoms with Crippen molar-refractivity contribution in [3.8, 4) is 0 Å². The number of guanidine groups is 1. The Morgan fingerprint density at radius 1 is 1.08 bits per heavy atom. The first-order valence-electron chi connectivity index (χ1n) is 9.37. The molecule has 142 valence electrons. The third-order valence-corrected chi connectivity index (χ3v) is 5.58. The van der Waals surface area contributed by atoms with Crippen LogP contribution in [0.1, 0.15) is 41.8 Å². The minimum Gasteiger partial charge on any atom is -0.352 e. The maximum absolute atomic E-state index is 4.44. The van der Waals surface area contributed by atoms with E-state index in [0.717, 1.165) is 43.6 Å². The predicted molar refractivity (Wildman–Crippen MR) is 112 cm³/mol. The summed E-state index contributed by atoms with van der Waals surface area (Å²) in [6, 6.07) is 8.62. The van der Waals surface area contributed by atoms with Gasteiger partial charge in [-0.15, -0.1) is 11.3 Å². The summed E-state index contributed by atoms with van der Waals surface area (Å²) in [6.07, 6.45) is 3.00. The average Bonchev–Trinajstić information content (AvgIpc) is 3.15. The molecule has 0 spiro atoms. The van der Waals surface area contributed by atoms with E-state index >= 15 is 0 Å². The molecule has 0 radical (unpaired) electrons. The number of rotatable bonds is 9. The van der Waals surface area contributed by atoms with Gasteiger partial charge < -0.3 is 10.6 Å². The molecule has 0 bridgehead atoms. The molecule has 0 saturated carbocycles.